The van der Waals surface area contributed by atoms with E-state index in [0.717, 1.165) is 13.0 Å². The number of carbonyl (C=O) groups is 2. The van der Waals surface area contributed by atoms with Crippen LogP contribution in [0.15, 0.2) is 24.3 Å². The highest BCUT2D eigenvalue weighted by Crippen LogP contribution is 2.24. The molecule has 0 radical (unpaired) electrons. The summed E-state index contributed by atoms with van der Waals surface area (Å²) < 4.78 is 0. The second-order valence-corrected chi connectivity index (χ2v) is 5.61. The van der Waals surface area contributed by atoms with E-state index in [-0.39, 0.29) is 17.7 Å². The van der Waals surface area contributed by atoms with Crippen LogP contribution in [-0.2, 0) is 22.6 Å². The molecule has 2 amide bonds. The maximum Gasteiger partial charge on any atom is 0.228 e. The molecule has 1 unspecified atom stereocenters. The fourth-order valence-corrected chi connectivity index (χ4v) is 3.19. The highest BCUT2D eigenvalue weighted by Gasteiger charge is 2.36. The zero-order chi connectivity index (χ0) is 14.1. The molecule has 0 bridgehead atoms. The lowest BCUT2D eigenvalue weighted by atomic mass is 9.98. The first-order chi connectivity index (χ1) is 9.69. The molecule has 0 N–H and O–H groups in total. The van der Waals surface area contributed by atoms with E-state index in [2.05, 4.69) is 12.1 Å². The highest BCUT2D eigenvalue weighted by atomic mass is 16.2. The molecule has 106 valence electrons. The Balaban J connectivity index is 1.69. The van der Waals surface area contributed by atoms with Crippen molar-refractivity contribution >= 4 is 11.8 Å². The van der Waals surface area contributed by atoms with Crippen molar-refractivity contribution in [3.63, 3.8) is 0 Å². The second-order valence-electron chi connectivity index (χ2n) is 5.61. The summed E-state index contributed by atoms with van der Waals surface area (Å²) >= 11 is 0. The van der Waals surface area contributed by atoms with Gasteiger partial charge in [0.1, 0.15) is 0 Å². The van der Waals surface area contributed by atoms with Crippen molar-refractivity contribution < 1.29 is 9.59 Å². The normalized spacial score (nSPS) is 22.1. The number of benzene rings is 1. The number of amides is 2. The van der Waals surface area contributed by atoms with Crippen LogP contribution < -0.4 is 0 Å². The molecule has 1 saturated heterocycles. The molecular formula is C16H20N2O2. The number of hydrogen-bond acceptors (Lipinski definition) is 2. The van der Waals surface area contributed by atoms with Crippen molar-refractivity contribution in [3.8, 4) is 0 Å². The van der Waals surface area contributed by atoms with Gasteiger partial charge in [-0.05, 0) is 24.5 Å². The van der Waals surface area contributed by atoms with Crippen LogP contribution in [0.5, 0.6) is 0 Å². The third-order valence-electron chi connectivity index (χ3n) is 4.39. The number of nitrogens with zero attached hydrogens (tertiary/aromatic N) is 2. The molecule has 3 rings (SSSR count). The van der Waals surface area contributed by atoms with Gasteiger partial charge in [0.25, 0.3) is 0 Å². The van der Waals surface area contributed by atoms with Crippen LogP contribution in [0.1, 0.15) is 24.5 Å². The Bertz CT molecular complexity index is 541. The SMILES string of the molecule is CCN1CC(C(=O)N2CCc3ccccc3C2)CC1=O. The molecule has 1 aromatic carbocycles. The number of rotatable bonds is 2. The summed E-state index contributed by atoms with van der Waals surface area (Å²) in [6, 6.07) is 8.29. The van der Waals surface area contributed by atoms with Crippen LogP contribution in [0, 0.1) is 5.92 Å². The Labute approximate surface area is 119 Å². The van der Waals surface area contributed by atoms with Crippen LogP contribution in [0.3, 0.4) is 0 Å². The maximum absolute atomic E-state index is 12.6. The first-order valence-corrected chi connectivity index (χ1v) is 7.32. The monoisotopic (exact) mass is 272 g/mol. The van der Waals surface area contributed by atoms with E-state index in [9.17, 15) is 9.59 Å². The molecule has 0 aromatic heterocycles. The predicted octanol–water partition coefficient (Wildman–Crippen LogP) is 1.44. The van der Waals surface area contributed by atoms with E-state index in [1.165, 1.54) is 11.1 Å². The zero-order valence-corrected chi connectivity index (χ0v) is 11.8. The summed E-state index contributed by atoms with van der Waals surface area (Å²) in [7, 11) is 0. The van der Waals surface area contributed by atoms with Crippen LogP contribution in [0.2, 0.25) is 0 Å². The van der Waals surface area contributed by atoms with Gasteiger partial charge in [0.2, 0.25) is 11.8 Å². The molecule has 20 heavy (non-hydrogen) atoms. The van der Waals surface area contributed by atoms with Crippen LogP contribution >= 0.6 is 0 Å². The molecule has 4 heteroatoms. The molecule has 1 fully saturated rings. The Kier molecular flexibility index (Phi) is 3.47. The minimum absolute atomic E-state index is 0.114. The predicted molar refractivity (Wildman–Crippen MR) is 75.9 cm³/mol. The maximum atomic E-state index is 12.6. The van der Waals surface area contributed by atoms with Crippen molar-refractivity contribution in [2.75, 3.05) is 19.6 Å². The van der Waals surface area contributed by atoms with Gasteiger partial charge in [-0.25, -0.2) is 0 Å². The Morgan fingerprint density at radius 1 is 1.30 bits per heavy atom. The second kappa shape index (κ2) is 5.27. The lowest BCUT2D eigenvalue weighted by Gasteiger charge is -2.30. The molecule has 1 aromatic rings. The average Bonchev–Trinajstić information content (AvgIpc) is 2.87. The highest BCUT2D eigenvalue weighted by molar-refractivity contribution is 5.89. The summed E-state index contributed by atoms with van der Waals surface area (Å²) in [6.45, 7) is 4.71. The van der Waals surface area contributed by atoms with Gasteiger partial charge in [0.15, 0.2) is 0 Å². The van der Waals surface area contributed by atoms with Gasteiger partial charge in [-0.3, -0.25) is 9.59 Å². The Hall–Kier alpha value is -1.84. The van der Waals surface area contributed by atoms with E-state index in [0.29, 0.717) is 26.1 Å². The molecular weight excluding hydrogens is 252 g/mol. The van der Waals surface area contributed by atoms with Crippen molar-refractivity contribution in [2.24, 2.45) is 5.92 Å². The zero-order valence-electron chi connectivity index (χ0n) is 11.8. The van der Waals surface area contributed by atoms with E-state index < -0.39 is 0 Å². The fraction of sp³-hybridized carbons (Fsp3) is 0.500. The third kappa shape index (κ3) is 2.30. The van der Waals surface area contributed by atoms with Gasteiger partial charge < -0.3 is 9.80 Å². The molecule has 2 aliphatic heterocycles. The Morgan fingerprint density at radius 2 is 2.05 bits per heavy atom. The molecule has 2 heterocycles. The van der Waals surface area contributed by atoms with E-state index >= 15 is 0 Å². The van der Waals surface area contributed by atoms with Gasteiger partial charge in [-0.15, -0.1) is 0 Å². The molecule has 0 aliphatic carbocycles. The topological polar surface area (TPSA) is 40.6 Å². The minimum atomic E-state index is -0.146. The number of carbonyl (C=O) groups excluding carboxylic acids is 2. The molecule has 4 nitrogen and oxygen atoms in total. The summed E-state index contributed by atoms with van der Waals surface area (Å²) in [5, 5.41) is 0. The Morgan fingerprint density at radius 3 is 2.75 bits per heavy atom. The largest absolute Gasteiger partial charge is 0.342 e. The molecule has 0 saturated carbocycles. The minimum Gasteiger partial charge on any atom is -0.342 e. The lowest BCUT2D eigenvalue weighted by Crippen LogP contribution is -2.40. The number of likely N-dealkylation sites (tertiary alicyclic amines) is 1. The summed E-state index contributed by atoms with van der Waals surface area (Å²) in [5.74, 6) is 0.111. The lowest BCUT2D eigenvalue weighted by molar-refractivity contribution is -0.136. The van der Waals surface area contributed by atoms with Crippen molar-refractivity contribution in [2.45, 2.75) is 26.3 Å². The fourth-order valence-electron chi connectivity index (χ4n) is 3.19. The van der Waals surface area contributed by atoms with E-state index in [1.807, 2.05) is 24.0 Å². The standard InChI is InChI=1S/C16H20N2O2/c1-2-17-11-14(9-15(17)19)16(20)18-8-7-12-5-3-4-6-13(12)10-18/h3-6,14H,2,7-11H2,1H3. The molecule has 2 aliphatic rings. The first-order valence-electron chi connectivity index (χ1n) is 7.32. The van der Waals surface area contributed by atoms with E-state index in [1.54, 1.807) is 4.90 Å². The van der Waals surface area contributed by atoms with Crippen LogP contribution in [-0.4, -0.2) is 41.2 Å². The summed E-state index contributed by atoms with van der Waals surface area (Å²) in [6.07, 6.45) is 1.30. The van der Waals surface area contributed by atoms with Crippen molar-refractivity contribution in [1.82, 2.24) is 9.80 Å². The van der Waals surface area contributed by atoms with Crippen molar-refractivity contribution in [1.29, 1.82) is 0 Å². The molecule has 0 spiro atoms. The van der Waals surface area contributed by atoms with Gasteiger partial charge in [-0.2, -0.15) is 0 Å². The van der Waals surface area contributed by atoms with Crippen LogP contribution in [0.25, 0.3) is 0 Å². The van der Waals surface area contributed by atoms with Crippen LogP contribution in [0.4, 0.5) is 0 Å². The first kappa shape index (κ1) is 13.2. The average molecular weight is 272 g/mol. The summed E-state index contributed by atoms with van der Waals surface area (Å²) in [5.41, 5.74) is 2.58. The van der Waals surface area contributed by atoms with Crippen molar-refractivity contribution in [3.05, 3.63) is 35.4 Å². The number of fused-ring (bicyclic) bond motifs is 1. The quantitative estimate of drug-likeness (QED) is 0.817. The smallest absolute Gasteiger partial charge is 0.228 e. The van der Waals surface area contributed by atoms with Gasteiger partial charge in [-0.1, -0.05) is 24.3 Å². The third-order valence-corrected chi connectivity index (χ3v) is 4.39. The van der Waals surface area contributed by atoms with E-state index in [4.69, 9.17) is 0 Å². The summed E-state index contributed by atoms with van der Waals surface area (Å²) in [4.78, 5) is 28.0. The van der Waals surface area contributed by atoms with Gasteiger partial charge in [0.05, 0.1) is 5.92 Å². The number of hydrogen-bond donors (Lipinski definition) is 0. The molecule has 1 atom stereocenters. The van der Waals surface area contributed by atoms with Gasteiger partial charge in [0, 0.05) is 32.6 Å². The van der Waals surface area contributed by atoms with Gasteiger partial charge >= 0.3 is 0 Å².